The summed E-state index contributed by atoms with van der Waals surface area (Å²) in [5.41, 5.74) is 2.63. The Bertz CT molecular complexity index is 1050. The largest absolute Gasteiger partial charge is 0.495 e. The van der Waals surface area contributed by atoms with Gasteiger partial charge in [-0.2, -0.15) is 0 Å². The molecule has 0 aliphatic carbocycles. The van der Waals surface area contributed by atoms with Crippen LogP contribution in [0.2, 0.25) is 0 Å². The van der Waals surface area contributed by atoms with Gasteiger partial charge in [0.2, 0.25) is 0 Å². The first-order valence-electron chi connectivity index (χ1n) is 11.5. The van der Waals surface area contributed by atoms with E-state index in [0.29, 0.717) is 45.9 Å². The summed E-state index contributed by atoms with van der Waals surface area (Å²) in [6, 6.07) is 12.5. The molecule has 0 aromatic heterocycles. The number of thiocarbonyl (C=S) groups is 1. The molecule has 0 spiro atoms. The Balaban J connectivity index is 1.85. The molecule has 7 nitrogen and oxygen atoms in total. The van der Waals surface area contributed by atoms with Crippen LogP contribution in [0.4, 0.5) is 5.69 Å². The zero-order valence-corrected chi connectivity index (χ0v) is 21.0. The predicted octanol–water partition coefficient (Wildman–Crippen LogP) is 5.09. The molecule has 34 heavy (non-hydrogen) atoms. The third-order valence-corrected chi connectivity index (χ3v) is 5.87. The van der Waals surface area contributed by atoms with Crippen molar-refractivity contribution in [2.45, 2.75) is 45.6 Å². The number of anilines is 1. The molecule has 0 saturated carbocycles. The molecule has 1 aliphatic heterocycles. The second-order valence-corrected chi connectivity index (χ2v) is 8.45. The molecular formula is C26H33N3O4S. The number of hydrogen-bond acceptors (Lipinski definition) is 5. The van der Waals surface area contributed by atoms with Gasteiger partial charge in [-0.25, -0.2) is 0 Å². The van der Waals surface area contributed by atoms with Crippen LogP contribution in [0.1, 0.15) is 51.1 Å². The normalized spacial score (nSPS) is 15.3. The SMILES string of the molecule is CCCCCCOc1ccc(C2NC(=S)NC(C)=C2C(=O)Nc2ccccc2OC)cc1OC. The molecule has 0 saturated heterocycles. The number of carbonyl (C=O) groups excluding carboxylic acids is 1. The Kier molecular flexibility index (Phi) is 9.16. The number of rotatable bonds is 11. The van der Waals surface area contributed by atoms with Crippen molar-refractivity contribution in [3.05, 3.63) is 59.3 Å². The summed E-state index contributed by atoms with van der Waals surface area (Å²) in [7, 11) is 3.18. The summed E-state index contributed by atoms with van der Waals surface area (Å²) in [4.78, 5) is 13.4. The zero-order chi connectivity index (χ0) is 24.5. The van der Waals surface area contributed by atoms with Crippen molar-refractivity contribution in [1.29, 1.82) is 0 Å². The molecule has 0 radical (unpaired) electrons. The van der Waals surface area contributed by atoms with Gasteiger partial charge in [0.15, 0.2) is 16.6 Å². The van der Waals surface area contributed by atoms with Gasteiger partial charge in [0, 0.05) is 5.70 Å². The van der Waals surface area contributed by atoms with Crippen LogP contribution in [-0.4, -0.2) is 31.8 Å². The third-order valence-electron chi connectivity index (χ3n) is 5.65. The number of para-hydroxylation sites is 2. The van der Waals surface area contributed by atoms with Gasteiger partial charge in [-0.1, -0.05) is 44.4 Å². The van der Waals surface area contributed by atoms with Gasteiger partial charge >= 0.3 is 0 Å². The Morgan fingerprint density at radius 2 is 1.79 bits per heavy atom. The molecule has 3 rings (SSSR count). The fourth-order valence-electron chi connectivity index (χ4n) is 3.88. The zero-order valence-electron chi connectivity index (χ0n) is 20.2. The summed E-state index contributed by atoms with van der Waals surface area (Å²) in [6.45, 7) is 4.66. The summed E-state index contributed by atoms with van der Waals surface area (Å²) in [5, 5.41) is 9.69. The molecule has 2 aromatic rings. The van der Waals surface area contributed by atoms with Crippen molar-refractivity contribution in [2.75, 3.05) is 26.1 Å². The highest BCUT2D eigenvalue weighted by molar-refractivity contribution is 7.80. The Hall–Kier alpha value is -3.26. The minimum absolute atomic E-state index is 0.260. The molecular weight excluding hydrogens is 450 g/mol. The van der Waals surface area contributed by atoms with E-state index in [-0.39, 0.29) is 5.91 Å². The maximum atomic E-state index is 13.4. The van der Waals surface area contributed by atoms with E-state index in [1.807, 2.05) is 37.3 Å². The first kappa shape index (κ1) is 25.4. The average molecular weight is 484 g/mol. The standard InChI is InChI=1S/C26H33N3O4S/c1-5-6-7-10-15-33-21-14-13-18(16-22(21)32-4)24-23(17(2)27-26(34)29-24)25(30)28-19-11-8-9-12-20(19)31-3/h8-9,11-14,16,24H,5-7,10,15H2,1-4H3,(H,28,30)(H2,27,29,34). The van der Waals surface area contributed by atoms with Gasteiger partial charge in [-0.05, 0) is 55.4 Å². The second-order valence-electron chi connectivity index (χ2n) is 8.04. The van der Waals surface area contributed by atoms with E-state index in [4.69, 9.17) is 26.4 Å². The number of carbonyl (C=O) groups is 1. The molecule has 2 aromatic carbocycles. The van der Waals surface area contributed by atoms with Gasteiger partial charge in [-0.15, -0.1) is 0 Å². The first-order valence-corrected chi connectivity index (χ1v) is 11.9. The minimum Gasteiger partial charge on any atom is -0.495 e. The monoisotopic (exact) mass is 483 g/mol. The highest BCUT2D eigenvalue weighted by atomic mass is 32.1. The molecule has 1 aliphatic rings. The molecule has 1 heterocycles. The molecule has 8 heteroatoms. The van der Waals surface area contributed by atoms with E-state index in [0.717, 1.165) is 18.4 Å². The Morgan fingerprint density at radius 3 is 2.53 bits per heavy atom. The summed E-state index contributed by atoms with van der Waals surface area (Å²) >= 11 is 5.38. The number of amides is 1. The van der Waals surface area contributed by atoms with E-state index in [1.165, 1.54) is 12.8 Å². The van der Waals surface area contributed by atoms with Crippen molar-refractivity contribution in [3.63, 3.8) is 0 Å². The fraction of sp³-hybridized carbons (Fsp3) is 0.385. The first-order chi connectivity index (χ1) is 16.5. The number of methoxy groups -OCH3 is 2. The van der Waals surface area contributed by atoms with Crippen molar-refractivity contribution < 1.29 is 19.0 Å². The van der Waals surface area contributed by atoms with Crippen LogP contribution >= 0.6 is 12.2 Å². The van der Waals surface area contributed by atoms with Gasteiger partial charge in [0.1, 0.15) is 5.75 Å². The predicted molar refractivity (Wildman–Crippen MR) is 139 cm³/mol. The van der Waals surface area contributed by atoms with Crippen LogP contribution in [0, 0.1) is 0 Å². The van der Waals surface area contributed by atoms with Gasteiger partial charge in [-0.3, -0.25) is 4.79 Å². The third kappa shape index (κ3) is 6.20. The summed E-state index contributed by atoms with van der Waals surface area (Å²) in [5.74, 6) is 1.62. The number of unbranched alkanes of at least 4 members (excludes halogenated alkanes) is 3. The Morgan fingerprint density at radius 1 is 1.03 bits per heavy atom. The smallest absolute Gasteiger partial charge is 0.255 e. The van der Waals surface area contributed by atoms with E-state index in [9.17, 15) is 4.79 Å². The number of allylic oxidation sites excluding steroid dienone is 1. The van der Waals surface area contributed by atoms with E-state index < -0.39 is 6.04 Å². The topological polar surface area (TPSA) is 80.9 Å². The maximum Gasteiger partial charge on any atom is 0.255 e. The van der Waals surface area contributed by atoms with Crippen LogP contribution < -0.4 is 30.2 Å². The number of benzene rings is 2. The number of hydrogen-bond donors (Lipinski definition) is 3. The van der Waals surface area contributed by atoms with Crippen molar-refractivity contribution in [2.24, 2.45) is 0 Å². The van der Waals surface area contributed by atoms with Crippen LogP contribution in [0.15, 0.2) is 53.7 Å². The van der Waals surface area contributed by atoms with Crippen LogP contribution in [-0.2, 0) is 4.79 Å². The molecule has 1 atom stereocenters. The molecule has 1 unspecified atom stereocenters. The lowest BCUT2D eigenvalue weighted by molar-refractivity contribution is -0.113. The second kappa shape index (κ2) is 12.3. The Labute approximate surface area is 206 Å². The highest BCUT2D eigenvalue weighted by Gasteiger charge is 2.31. The summed E-state index contributed by atoms with van der Waals surface area (Å²) in [6.07, 6.45) is 4.52. The fourth-order valence-corrected chi connectivity index (χ4v) is 4.15. The molecule has 182 valence electrons. The lowest BCUT2D eigenvalue weighted by Crippen LogP contribution is -2.45. The van der Waals surface area contributed by atoms with Crippen molar-refractivity contribution in [1.82, 2.24) is 10.6 Å². The average Bonchev–Trinajstić information content (AvgIpc) is 2.83. The van der Waals surface area contributed by atoms with Crippen LogP contribution in [0.5, 0.6) is 17.2 Å². The maximum absolute atomic E-state index is 13.4. The van der Waals surface area contributed by atoms with Gasteiger partial charge in [0.25, 0.3) is 5.91 Å². The quantitative estimate of drug-likeness (QED) is 0.303. The van der Waals surface area contributed by atoms with Crippen molar-refractivity contribution in [3.8, 4) is 17.2 Å². The molecule has 1 amide bonds. The van der Waals surface area contributed by atoms with E-state index in [2.05, 4.69) is 22.9 Å². The highest BCUT2D eigenvalue weighted by Crippen LogP contribution is 2.35. The van der Waals surface area contributed by atoms with Crippen LogP contribution in [0.3, 0.4) is 0 Å². The summed E-state index contributed by atoms with van der Waals surface area (Å²) < 4.78 is 16.9. The lowest BCUT2D eigenvalue weighted by Gasteiger charge is -2.30. The molecule has 3 N–H and O–H groups in total. The van der Waals surface area contributed by atoms with Crippen LogP contribution in [0.25, 0.3) is 0 Å². The molecule has 0 bridgehead atoms. The van der Waals surface area contributed by atoms with Gasteiger partial charge < -0.3 is 30.2 Å². The van der Waals surface area contributed by atoms with Crippen molar-refractivity contribution >= 4 is 28.9 Å². The lowest BCUT2D eigenvalue weighted by atomic mass is 9.94. The number of nitrogens with one attached hydrogen (secondary N) is 3. The van der Waals surface area contributed by atoms with E-state index in [1.54, 1.807) is 26.4 Å². The minimum atomic E-state index is -0.462. The van der Waals surface area contributed by atoms with E-state index >= 15 is 0 Å². The van der Waals surface area contributed by atoms with Gasteiger partial charge in [0.05, 0.1) is 38.1 Å². The number of ether oxygens (including phenoxy) is 3. The molecule has 0 fully saturated rings.